The van der Waals surface area contributed by atoms with Crippen LogP contribution in [0, 0.1) is 11.8 Å². The van der Waals surface area contributed by atoms with E-state index in [0.717, 1.165) is 52.5 Å². The average molecular weight is 876 g/mol. The highest BCUT2D eigenvalue weighted by Crippen LogP contribution is 2.36. The first-order valence-corrected chi connectivity index (χ1v) is 25.4. The van der Waals surface area contributed by atoms with E-state index < -0.39 is 37.6 Å². The predicted octanol–water partition coefficient (Wildman–Crippen LogP) is 7.23. The Hall–Kier alpha value is -5.89. The van der Waals surface area contributed by atoms with Crippen molar-refractivity contribution in [2.24, 2.45) is 0 Å². The molecule has 7 rings (SSSR count). The lowest BCUT2D eigenvalue weighted by atomic mass is 10.0. The van der Waals surface area contributed by atoms with Crippen LogP contribution in [-0.2, 0) is 25.6 Å². The monoisotopic (exact) mass is 875 g/mol. The molecule has 6 heterocycles. The molecule has 15 nitrogen and oxygen atoms in total. The number of benzene rings is 1. The van der Waals surface area contributed by atoms with Gasteiger partial charge < -0.3 is 24.4 Å². The number of unbranched alkanes of at least 4 members (excludes halogenated alkanes) is 1. The van der Waals surface area contributed by atoms with E-state index in [9.17, 15) is 24.0 Å². The van der Waals surface area contributed by atoms with Crippen molar-refractivity contribution in [1.29, 1.82) is 0 Å². The standard InChI is InChI=1S/C47H57N7O8Si/c1-47(2,3)62-46(59)54-38-26-40(48-28-33(38)25-39(54)36-16-12-21-51(36)4)50-43(56)32-17-19-41(49-27-32)61-22-10-8-9-13-31-14-11-15-34-35(31)29-52(44(34)57)37-18-20-42(55)53(45(37)58)30-60-23-24-63(5,6)7/h11,14-15,17,19,25-28,36-37H,8,10,12,16,18,20-24,29-30H2,1-7H3,(H,48,50,56)/t36-,37?/m1/s1. The Labute approximate surface area is 369 Å². The summed E-state index contributed by atoms with van der Waals surface area (Å²) in [6.07, 6.45) is 6.11. The molecule has 3 aliphatic rings. The van der Waals surface area contributed by atoms with Gasteiger partial charge in [-0.3, -0.25) is 29.0 Å². The molecule has 3 aliphatic heterocycles. The second-order valence-corrected chi connectivity index (χ2v) is 24.2. The number of nitrogens with zero attached hydrogens (tertiary/aromatic N) is 6. The molecular weight excluding hydrogens is 819 g/mol. The topological polar surface area (TPSA) is 165 Å². The van der Waals surface area contributed by atoms with E-state index in [-0.39, 0.29) is 49.8 Å². The van der Waals surface area contributed by atoms with E-state index in [4.69, 9.17) is 14.2 Å². The Morgan fingerprint density at radius 3 is 2.51 bits per heavy atom. The smallest absolute Gasteiger partial charge is 0.419 e. The Morgan fingerprint density at radius 2 is 1.79 bits per heavy atom. The van der Waals surface area contributed by atoms with Gasteiger partial charge in [0.1, 0.15) is 24.2 Å². The number of hydrogen-bond donors (Lipinski definition) is 1. The Morgan fingerprint density at radius 1 is 0.984 bits per heavy atom. The first kappa shape index (κ1) is 45.1. The molecular formula is C47H57N7O8Si. The second kappa shape index (κ2) is 18.8. The Kier molecular flexibility index (Phi) is 13.5. The Bertz CT molecular complexity index is 2460. The van der Waals surface area contributed by atoms with Crippen LogP contribution in [0.2, 0.25) is 25.7 Å². The number of likely N-dealkylation sites (tertiary alicyclic amines) is 2. The zero-order valence-electron chi connectivity index (χ0n) is 37.3. The number of rotatable bonds is 13. The van der Waals surface area contributed by atoms with Gasteiger partial charge in [0.2, 0.25) is 11.8 Å². The van der Waals surface area contributed by atoms with Crippen molar-refractivity contribution in [2.75, 3.05) is 38.9 Å². The molecule has 2 fully saturated rings. The number of carbonyl (C=O) groups is 5. The SMILES string of the molecule is CN1CCC[C@@H]1c1cc2cnc(NC(=O)c3ccc(OCCCC#Cc4cccc5c4CN(C4CCC(=O)N(COCC[Si](C)(C)C)C4=O)C5=O)nc3)cc2n1C(=O)OC(C)(C)C. The first-order chi connectivity index (χ1) is 30.0. The van der Waals surface area contributed by atoms with Crippen molar-refractivity contribution in [1.82, 2.24) is 29.2 Å². The number of amides is 4. The number of carbonyl (C=O) groups excluding carboxylic acids is 5. The number of imide groups is 1. The van der Waals surface area contributed by atoms with Crippen LogP contribution in [0.3, 0.4) is 0 Å². The fraction of sp³-hybridized carbons (Fsp3) is 0.468. The van der Waals surface area contributed by atoms with Crippen molar-refractivity contribution >= 4 is 54.5 Å². The minimum atomic E-state index is -1.33. The van der Waals surface area contributed by atoms with E-state index in [1.807, 2.05) is 40.0 Å². The highest BCUT2D eigenvalue weighted by molar-refractivity contribution is 6.76. The molecule has 1 unspecified atom stereocenters. The predicted molar refractivity (Wildman–Crippen MR) is 240 cm³/mol. The average Bonchev–Trinajstić information content (AvgIpc) is 3.92. The molecule has 4 amide bonds. The van der Waals surface area contributed by atoms with Gasteiger partial charge in [0.15, 0.2) is 0 Å². The maximum absolute atomic E-state index is 13.5. The summed E-state index contributed by atoms with van der Waals surface area (Å²) in [6.45, 7) is 14.1. The molecule has 1 aromatic carbocycles. The highest BCUT2D eigenvalue weighted by atomic mass is 28.3. The summed E-state index contributed by atoms with van der Waals surface area (Å²) < 4.78 is 19.0. The van der Waals surface area contributed by atoms with Gasteiger partial charge in [-0.15, -0.1) is 0 Å². The zero-order chi connectivity index (χ0) is 45.1. The maximum Gasteiger partial charge on any atom is 0.419 e. The van der Waals surface area contributed by atoms with Crippen molar-refractivity contribution in [3.63, 3.8) is 0 Å². The summed E-state index contributed by atoms with van der Waals surface area (Å²) in [5.41, 5.74) is 3.05. The van der Waals surface area contributed by atoms with Gasteiger partial charge in [-0.1, -0.05) is 37.5 Å². The van der Waals surface area contributed by atoms with Gasteiger partial charge in [0.05, 0.1) is 23.7 Å². The van der Waals surface area contributed by atoms with E-state index in [1.165, 1.54) is 6.20 Å². The van der Waals surface area contributed by atoms with Crippen molar-refractivity contribution in [3.05, 3.63) is 82.8 Å². The number of pyridine rings is 2. The normalized spacial score (nSPS) is 18.1. The van der Waals surface area contributed by atoms with Crippen molar-refractivity contribution in [2.45, 2.75) is 109 Å². The van der Waals surface area contributed by atoms with Gasteiger partial charge in [0.25, 0.3) is 17.7 Å². The zero-order valence-corrected chi connectivity index (χ0v) is 38.3. The van der Waals surface area contributed by atoms with Crippen LogP contribution in [0.4, 0.5) is 10.6 Å². The van der Waals surface area contributed by atoms with Crippen LogP contribution in [-0.4, -0.2) is 112 Å². The minimum absolute atomic E-state index is 0.0537. The summed E-state index contributed by atoms with van der Waals surface area (Å²) >= 11 is 0. The first-order valence-electron chi connectivity index (χ1n) is 21.7. The number of piperidine rings is 1. The Balaban J connectivity index is 0.911. The quantitative estimate of drug-likeness (QED) is 0.0624. The molecule has 16 heteroatoms. The number of aromatic nitrogens is 3. The van der Waals surface area contributed by atoms with Gasteiger partial charge >= 0.3 is 6.09 Å². The third-order valence-corrected chi connectivity index (χ3v) is 13.1. The van der Waals surface area contributed by atoms with Crippen LogP contribution in [0.25, 0.3) is 10.9 Å². The largest absolute Gasteiger partial charge is 0.478 e. The molecule has 4 aromatic rings. The van der Waals surface area contributed by atoms with E-state index in [2.05, 4.69) is 51.7 Å². The molecule has 0 saturated carbocycles. The third-order valence-electron chi connectivity index (χ3n) is 11.4. The molecule has 2 saturated heterocycles. The number of hydrogen-bond acceptors (Lipinski definition) is 11. The highest BCUT2D eigenvalue weighted by Gasteiger charge is 2.43. The van der Waals surface area contributed by atoms with Gasteiger partial charge in [-0.05, 0) is 95.9 Å². The fourth-order valence-corrected chi connectivity index (χ4v) is 8.78. The van der Waals surface area contributed by atoms with Crippen molar-refractivity contribution in [3.8, 4) is 17.7 Å². The van der Waals surface area contributed by atoms with E-state index in [1.54, 1.807) is 46.0 Å². The maximum atomic E-state index is 13.5. The lowest BCUT2D eigenvalue weighted by Crippen LogP contribution is -2.55. The summed E-state index contributed by atoms with van der Waals surface area (Å²) in [7, 11) is 0.714. The van der Waals surface area contributed by atoms with E-state index >= 15 is 0 Å². The number of fused-ring (bicyclic) bond motifs is 2. The number of nitrogens with one attached hydrogen (secondary N) is 1. The van der Waals surface area contributed by atoms with Crippen LogP contribution in [0.5, 0.6) is 5.88 Å². The summed E-state index contributed by atoms with van der Waals surface area (Å²) in [5, 5.41) is 3.60. The molecule has 332 valence electrons. The van der Waals surface area contributed by atoms with Gasteiger partial charge in [-0.25, -0.2) is 19.3 Å². The van der Waals surface area contributed by atoms with E-state index in [0.29, 0.717) is 48.6 Å². The van der Waals surface area contributed by atoms with Crippen LogP contribution < -0.4 is 10.1 Å². The minimum Gasteiger partial charge on any atom is -0.478 e. The molecule has 0 bridgehead atoms. The lowest BCUT2D eigenvalue weighted by Gasteiger charge is -2.35. The summed E-state index contributed by atoms with van der Waals surface area (Å²) in [6, 6.07) is 12.5. The summed E-state index contributed by atoms with van der Waals surface area (Å²) in [4.78, 5) is 80.2. The fourth-order valence-electron chi connectivity index (χ4n) is 8.02. The molecule has 3 aromatic heterocycles. The van der Waals surface area contributed by atoms with Crippen LogP contribution >= 0.6 is 0 Å². The summed E-state index contributed by atoms with van der Waals surface area (Å²) in [5.74, 6) is 5.68. The van der Waals surface area contributed by atoms with Gasteiger partial charge in [-0.2, -0.15) is 0 Å². The molecule has 2 atom stereocenters. The molecule has 0 aliphatic carbocycles. The van der Waals surface area contributed by atoms with Gasteiger partial charge in [0, 0.05) is 80.8 Å². The molecule has 0 radical (unpaired) electrons. The third kappa shape index (κ3) is 10.7. The molecule has 1 N–H and O–H groups in total. The number of anilines is 1. The van der Waals surface area contributed by atoms with Crippen LogP contribution in [0.1, 0.15) is 103 Å². The number of ether oxygens (including phenoxy) is 3. The molecule has 63 heavy (non-hydrogen) atoms. The molecule has 0 spiro atoms. The second-order valence-electron chi connectivity index (χ2n) is 18.6. The van der Waals surface area contributed by atoms with Crippen molar-refractivity contribution < 1.29 is 38.2 Å². The van der Waals surface area contributed by atoms with Crippen LogP contribution in [0.15, 0.2) is 54.9 Å². The lowest BCUT2D eigenvalue weighted by molar-refractivity contribution is -0.158.